The van der Waals surface area contributed by atoms with Gasteiger partial charge in [0.15, 0.2) is 11.5 Å². The van der Waals surface area contributed by atoms with E-state index in [0.29, 0.717) is 34.4 Å². The third-order valence-corrected chi connectivity index (χ3v) is 3.90. The molecule has 0 atom stereocenters. The standard InChI is InChI=1S/C21H21N3O4/c1-13-10-14(2)23-21(22-13)24-16-6-5-7-17(12-16)28-20(25)15-8-9-18(26-3)19(11-15)27-4/h5-12H,1-4H3,(H,22,23,24). The van der Waals surface area contributed by atoms with Crippen molar-refractivity contribution >= 4 is 17.6 Å². The van der Waals surface area contributed by atoms with Crippen LogP contribution >= 0.6 is 0 Å². The molecule has 3 rings (SSSR count). The highest BCUT2D eigenvalue weighted by Crippen LogP contribution is 2.28. The van der Waals surface area contributed by atoms with Crippen LogP contribution in [0.4, 0.5) is 11.6 Å². The summed E-state index contributed by atoms with van der Waals surface area (Å²) in [5, 5.41) is 3.12. The molecule has 0 saturated carbocycles. The Morgan fingerprint density at radius 1 is 0.893 bits per heavy atom. The molecule has 7 heteroatoms. The Hall–Kier alpha value is -3.61. The zero-order valence-electron chi connectivity index (χ0n) is 16.1. The fourth-order valence-corrected chi connectivity index (χ4v) is 2.68. The maximum Gasteiger partial charge on any atom is 0.343 e. The molecular formula is C21H21N3O4. The molecule has 0 aliphatic heterocycles. The van der Waals surface area contributed by atoms with Gasteiger partial charge in [0.05, 0.1) is 19.8 Å². The number of aromatic nitrogens is 2. The number of nitrogens with one attached hydrogen (secondary N) is 1. The van der Waals surface area contributed by atoms with Gasteiger partial charge in [0.25, 0.3) is 0 Å². The van der Waals surface area contributed by atoms with Crippen LogP contribution in [-0.4, -0.2) is 30.2 Å². The Morgan fingerprint density at radius 3 is 2.29 bits per heavy atom. The number of benzene rings is 2. The first-order valence-electron chi connectivity index (χ1n) is 8.62. The smallest absolute Gasteiger partial charge is 0.343 e. The molecule has 0 fully saturated rings. The van der Waals surface area contributed by atoms with Gasteiger partial charge in [-0.15, -0.1) is 0 Å². The number of esters is 1. The molecule has 28 heavy (non-hydrogen) atoms. The second-order valence-electron chi connectivity index (χ2n) is 6.09. The van der Waals surface area contributed by atoms with Gasteiger partial charge in [0.2, 0.25) is 5.95 Å². The van der Waals surface area contributed by atoms with Crippen molar-refractivity contribution in [2.24, 2.45) is 0 Å². The second-order valence-corrected chi connectivity index (χ2v) is 6.09. The molecule has 1 aromatic heterocycles. The van der Waals surface area contributed by atoms with Crippen LogP contribution in [0.15, 0.2) is 48.5 Å². The van der Waals surface area contributed by atoms with E-state index in [1.165, 1.54) is 14.2 Å². The van der Waals surface area contributed by atoms with Crippen molar-refractivity contribution in [2.45, 2.75) is 13.8 Å². The maximum atomic E-state index is 12.5. The minimum absolute atomic E-state index is 0.355. The lowest BCUT2D eigenvalue weighted by molar-refractivity contribution is 0.0734. The number of nitrogens with zero attached hydrogens (tertiary/aromatic N) is 2. The van der Waals surface area contributed by atoms with E-state index in [0.717, 1.165) is 11.4 Å². The Labute approximate surface area is 163 Å². The minimum Gasteiger partial charge on any atom is -0.493 e. The average molecular weight is 379 g/mol. The summed E-state index contributed by atoms with van der Waals surface area (Å²) in [7, 11) is 3.05. The van der Waals surface area contributed by atoms with Crippen molar-refractivity contribution in [3.63, 3.8) is 0 Å². The molecule has 0 bridgehead atoms. The van der Waals surface area contributed by atoms with Crippen molar-refractivity contribution in [3.05, 3.63) is 65.5 Å². The third-order valence-electron chi connectivity index (χ3n) is 3.90. The van der Waals surface area contributed by atoms with Crippen LogP contribution in [0.2, 0.25) is 0 Å². The Kier molecular flexibility index (Phi) is 5.74. The van der Waals surface area contributed by atoms with Crippen molar-refractivity contribution in [2.75, 3.05) is 19.5 Å². The Balaban J connectivity index is 1.76. The summed E-state index contributed by atoms with van der Waals surface area (Å²) in [6.07, 6.45) is 0. The first-order chi connectivity index (χ1) is 13.5. The van der Waals surface area contributed by atoms with Crippen LogP contribution in [0.3, 0.4) is 0 Å². The van der Waals surface area contributed by atoms with E-state index >= 15 is 0 Å². The lowest BCUT2D eigenvalue weighted by atomic mass is 10.2. The van der Waals surface area contributed by atoms with Gasteiger partial charge in [0, 0.05) is 23.1 Å². The van der Waals surface area contributed by atoms with Crippen molar-refractivity contribution in [3.8, 4) is 17.2 Å². The molecule has 0 unspecified atom stereocenters. The van der Waals surface area contributed by atoms with Crippen LogP contribution in [0.25, 0.3) is 0 Å². The van der Waals surface area contributed by atoms with Crippen LogP contribution in [-0.2, 0) is 0 Å². The highest BCUT2D eigenvalue weighted by molar-refractivity contribution is 5.92. The summed E-state index contributed by atoms with van der Waals surface area (Å²) in [5.41, 5.74) is 2.80. The van der Waals surface area contributed by atoms with Gasteiger partial charge in [0.1, 0.15) is 5.75 Å². The van der Waals surface area contributed by atoms with Gasteiger partial charge in [-0.1, -0.05) is 6.07 Å². The largest absolute Gasteiger partial charge is 0.493 e. The minimum atomic E-state index is -0.499. The summed E-state index contributed by atoms with van der Waals surface area (Å²) >= 11 is 0. The fourth-order valence-electron chi connectivity index (χ4n) is 2.68. The van der Waals surface area contributed by atoms with Gasteiger partial charge in [-0.3, -0.25) is 0 Å². The molecule has 0 spiro atoms. The summed E-state index contributed by atoms with van der Waals surface area (Å²) in [4.78, 5) is 21.2. The maximum absolute atomic E-state index is 12.5. The highest BCUT2D eigenvalue weighted by Gasteiger charge is 2.13. The van der Waals surface area contributed by atoms with E-state index in [2.05, 4.69) is 15.3 Å². The molecule has 0 radical (unpaired) electrons. The number of rotatable bonds is 6. The predicted molar refractivity (Wildman–Crippen MR) is 106 cm³/mol. The fraction of sp³-hybridized carbons (Fsp3) is 0.190. The number of methoxy groups -OCH3 is 2. The van der Waals surface area contributed by atoms with E-state index in [4.69, 9.17) is 14.2 Å². The van der Waals surface area contributed by atoms with Crippen LogP contribution in [0, 0.1) is 13.8 Å². The Morgan fingerprint density at radius 2 is 1.61 bits per heavy atom. The molecule has 0 aliphatic carbocycles. The third kappa shape index (κ3) is 4.56. The SMILES string of the molecule is COc1ccc(C(=O)Oc2cccc(Nc3nc(C)cc(C)n3)c2)cc1OC. The van der Waals surface area contributed by atoms with Gasteiger partial charge in [-0.2, -0.15) is 0 Å². The van der Waals surface area contributed by atoms with E-state index in [1.807, 2.05) is 26.0 Å². The molecule has 1 heterocycles. The molecule has 1 N–H and O–H groups in total. The molecule has 0 amide bonds. The number of aryl methyl sites for hydroxylation is 2. The quantitative estimate of drug-likeness (QED) is 0.510. The predicted octanol–water partition coefficient (Wildman–Crippen LogP) is 4.07. The first-order valence-corrected chi connectivity index (χ1v) is 8.62. The lowest BCUT2D eigenvalue weighted by Crippen LogP contribution is -2.09. The summed E-state index contributed by atoms with van der Waals surface area (Å²) in [6.45, 7) is 3.81. The molecule has 3 aromatic rings. The van der Waals surface area contributed by atoms with Gasteiger partial charge < -0.3 is 19.5 Å². The van der Waals surface area contributed by atoms with Gasteiger partial charge in [-0.25, -0.2) is 14.8 Å². The molecule has 144 valence electrons. The van der Waals surface area contributed by atoms with E-state index < -0.39 is 5.97 Å². The van der Waals surface area contributed by atoms with Crippen LogP contribution in [0.1, 0.15) is 21.7 Å². The normalized spacial score (nSPS) is 10.3. The number of ether oxygens (including phenoxy) is 3. The van der Waals surface area contributed by atoms with Crippen molar-refractivity contribution in [1.82, 2.24) is 9.97 Å². The van der Waals surface area contributed by atoms with E-state index in [-0.39, 0.29) is 0 Å². The number of anilines is 2. The van der Waals surface area contributed by atoms with Crippen LogP contribution < -0.4 is 19.5 Å². The first kappa shape index (κ1) is 19.2. The summed E-state index contributed by atoms with van der Waals surface area (Å²) in [6, 6.07) is 13.8. The van der Waals surface area contributed by atoms with E-state index in [9.17, 15) is 4.79 Å². The molecule has 0 aliphatic rings. The van der Waals surface area contributed by atoms with Gasteiger partial charge in [-0.05, 0) is 50.2 Å². The monoisotopic (exact) mass is 379 g/mol. The molecular weight excluding hydrogens is 358 g/mol. The molecule has 7 nitrogen and oxygen atoms in total. The lowest BCUT2D eigenvalue weighted by Gasteiger charge is -2.11. The average Bonchev–Trinajstić information content (AvgIpc) is 2.66. The number of hydrogen-bond donors (Lipinski definition) is 1. The van der Waals surface area contributed by atoms with E-state index in [1.54, 1.807) is 36.4 Å². The van der Waals surface area contributed by atoms with Crippen LogP contribution in [0.5, 0.6) is 17.2 Å². The van der Waals surface area contributed by atoms with Crippen molar-refractivity contribution < 1.29 is 19.0 Å². The number of carbonyl (C=O) groups is 1. The zero-order chi connectivity index (χ0) is 20.1. The molecule has 0 saturated heterocycles. The summed E-state index contributed by atoms with van der Waals surface area (Å²) in [5.74, 6) is 1.38. The van der Waals surface area contributed by atoms with Gasteiger partial charge >= 0.3 is 5.97 Å². The Bertz CT molecular complexity index is 984. The topological polar surface area (TPSA) is 82.6 Å². The second kappa shape index (κ2) is 8.39. The highest BCUT2D eigenvalue weighted by atomic mass is 16.5. The zero-order valence-corrected chi connectivity index (χ0v) is 16.1. The summed E-state index contributed by atoms with van der Waals surface area (Å²) < 4.78 is 15.9. The van der Waals surface area contributed by atoms with Crippen molar-refractivity contribution in [1.29, 1.82) is 0 Å². The number of hydrogen-bond acceptors (Lipinski definition) is 7. The number of carbonyl (C=O) groups excluding carboxylic acids is 1. The molecule has 2 aromatic carbocycles.